The van der Waals surface area contributed by atoms with Gasteiger partial charge in [0.05, 0.1) is 0 Å². The molecule has 1 aliphatic rings. The molecular formula is C16H17N5O2S2. The minimum atomic E-state index is -3.36. The molecule has 1 N–H and O–H groups in total. The van der Waals surface area contributed by atoms with Crippen LogP contribution in [0.3, 0.4) is 0 Å². The summed E-state index contributed by atoms with van der Waals surface area (Å²) < 4.78 is 27.1. The molecule has 3 aromatic heterocycles. The molecule has 0 radical (unpaired) electrons. The lowest BCUT2D eigenvalue weighted by molar-refractivity contribution is 0.455. The Kier molecular flexibility index (Phi) is 4.36. The van der Waals surface area contributed by atoms with Gasteiger partial charge in [-0.1, -0.05) is 6.07 Å². The molecule has 0 bridgehead atoms. The Balaban J connectivity index is 1.43. The number of H-pyrrole nitrogens is 1. The lowest BCUT2D eigenvalue weighted by Gasteiger charge is -2.14. The summed E-state index contributed by atoms with van der Waals surface area (Å²) in [5, 5.41) is 8.99. The molecule has 1 fully saturated rings. The van der Waals surface area contributed by atoms with Gasteiger partial charge in [0, 0.05) is 37.5 Å². The third kappa shape index (κ3) is 3.35. The molecular weight excluding hydrogens is 358 g/mol. The van der Waals surface area contributed by atoms with Crippen LogP contribution in [-0.4, -0.2) is 46.0 Å². The van der Waals surface area contributed by atoms with Crippen LogP contribution in [0.25, 0.3) is 11.4 Å². The fourth-order valence-electron chi connectivity index (χ4n) is 3.01. The fourth-order valence-corrected chi connectivity index (χ4v) is 5.69. The van der Waals surface area contributed by atoms with Crippen molar-refractivity contribution >= 4 is 21.4 Å². The van der Waals surface area contributed by atoms with Crippen LogP contribution >= 0.6 is 11.3 Å². The first kappa shape index (κ1) is 16.4. The highest BCUT2D eigenvalue weighted by Crippen LogP contribution is 2.28. The summed E-state index contributed by atoms with van der Waals surface area (Å²) in [5.74, 6) is 1.67. The molecule has 0 spiro atoms. The van der Waals surface area contributed by atoms with Crippen molar-refractivity contribution in [3.63, 3.8) is 0 Å². The number of hydrogen-bond acceptors (Lipinski definition) is 6. The lowest BCUT2D eigenvalue weighted by Crippen LogP contribution is -2.28. The average molecular weight is 375 g/mol. The summed E-state index contributed by atoms with van der Waals surface area (Å²) in [4.78, 5) is 8.51. The maximum atomic E-state index is 12.6. The van der Waals surface area contributed by atoms with Crippen molar-refractivity contribution in [2.75, 3.05) is 13.1 Å². The zero-order valence-electron chi connectivity index (χ0n) is 13.4. The molecule has 7 nitrogen and oxygen atoms in total. The van der Waals surface area contributed by atoms with E-state index < -0.39 is 10.0 Å². The summed E-state index contributed by atoms with van der Waals surface area (Å²) in [6.07, 6.45) is 4.93. The van der Waals surface area contributed by atoms with Gasteiger partial charge in [0.25, 0.3) is 10.0 Å². The Bertz CT molecular complexity index is 938. The molecule has 1 unspecified atom stereocenters. The number of hydrogen-bond donors (Lipinski definition) is 1. The van der Waals surface area contributed by atoms with Crippen LogP contribution in [0.2, 0.25) is 0 Å². The van der Waals surface area contributed by atoms with Gasteiger partial charge in [-0.15, -0.1) is 11.3 Å². The smallest absolute Gasteiger partial charge is 0.252 e. The van der Waals surface area contributed by atoms with Gasteiger partial charge in [0.15, 0.2) is 5.82 Å². The number of nitrogens with zero attached hydrogens (tertiary/aromatic N) is 4. The highest BCUT2D eigenvalue weighted by Gasteiger charge is 2.33. The van der Waals surface area contributed by atoms with Crippen LogP contribution in [0, 0.1) is 5.92 Å². The average Bonchev–Trinajstić information content (AvgIpc) is 3.38. The second-order valence-corrected chi connectivity index (χ2v) is 9.11. The van der Waals surface area contributed by atoms with E-state index in [2.05, 4.69) is 20.2 Å². The van der Waals surface area contributed by atoms with Crippen molar-refractivity contribution in [1.29, 1.82) is 0 Å². The number of sulfonamides is 1. The van der Waals surface area contributed by atoms with E-state index in [9.17, 15) is 8.42 Å². The van der Waals surface area contributed by atoms with Crippen LogP contribution in [0.15, 0.2) is 46.2 Å². The second kappa shape index (κ2) is 6.66. The summed E-state index contributed by atoms with van der Waals surface area (Å²) in [6.45, 7) is 1.07. The summed E-state index contributed by atoms with van der Waals surface area (Å²) in [5.41, 5.74) is 0.908. The molecule has 0 aromatic carbocycles. The number of pyridine rings is 1. The summed E-state index contributed by atoms with van der Waals surface area (Å²) in [6, 6.07) is 7.14. The van der Waals surface area contributed by atoms with E-state index in [0.717, 1.165) is 17.8 Å². The molecule has 9 heteroatoms. The normalized spacial score (nSPS) is 18.6. The van der Waals surface area contributed by atoms with Gasteiger partial charge in [0.2, 0.25) is 0 Å². The molecule has 25 heavy (non-hydrogen) atoms. The van der Waals surface area contributed by atoms with Gasteiger partial charge in [-0.3, -0.25) is 10.1 Å². The number of aromatic nitrogens is 4. The summed E-state index contributed by atoms with van der Waals surface area (Å²) in [7, 11) is -3.36. The fraction of sp³-hybridized carbons (Fsp3) is 0.312. The maximum Gasteiger partial charge on any atom is 0.252 e. The van der Waals surface area contributed by atoms with E-state index in [4.69, 9.17) is 0 Å². The first-order valence-electron chi connectivity index (χ1n) is 7.98. The van der Waals surface area contributed by atoms with Gasteiger partial charge in [-0.05, 0) is 35.9 Å². The van der Waals surface area contributed by atoms with Crippen LogP contribution < -0.4 is 0 Å². The molecule has 1 atom stereocenters. The van der Waals surface area contributed by atoms with Crippen LogP contribution in [-0.2, 0) is 16.4 Å². The number of aromatic amines is 1. The van der Waals surface area contributed by atoms with E-state index in [1.54, 1.807) is 34.2 Å². The van der Waals surface area contributed by atoms with Gasteiger partial charge >= 0.3 is 0 Å². The van der Waals surface area contributed by atoms with E-state index in [1.807, 2.05) is 12.1 Å². The van der Waals surface area contributed by atoms with Crippen LogP contribution in [0.1, 0.15) is 12.2 Å². The van der Waals surface area contributed by atoms with Crippen molar-refractivity contribution < 1.29 is 8.42 Å². The Labute approximate surface area is 149 Å². The SMILES string of the molecule is O=S(=O)(c1cccs1)N1CCC(Cc2nc(-c3ccncc3)n[nH]2)C1. The molecule has 4 rings (SSSR count). The van der Waals surface area contributed by atoms with Crippen molar-refractivity contribution in [3.05, 3.63) is 47.9 Å². The Morgan fingerprint density at radius 3 is 2.88 bits per heavy atom. The Hall–Kier alpha value is -2.10. The Morgan fingerprint density at radius 1 is 1.28 bits per heavy atom. The molecule has 1 saturated heterocycles. The van der Waals surface area contributed by atoms with E-state index in [0.29, 0.717) is 29.5 Å². The van der Waals surface area contributed by atoms with Crippen molar-refractivity contribution in [2.45, 2.75) is 17.1 Å². The first-order chi connectivity index (χ1) is 12.1. The minimum Gasteiger partial charge on any atom is -0.265 e. The molecule has 130 valence electrons. The van der Waals surface area contributed by atoms with Gasteiger partial charge in [0.1, 0.15) is 10.0 Å². The first-order valence-corrected chi connectivity index (χ1v) is 10.3. The van der Waals surface area contributed by atoms with Crippen LogP contribution in [0.4, 0.5) is 0 Å². The van der Waals surface area contributed by atoms with Crippen molar-refractivity contribution in [2.24, 2.45) is 5.92 Å². The standard InChI is InChI=1S/C16H17N5O2S2/c22-25(23,15-2-1-9-24-15)21-8-5-12(11-21)10-14-18-16(20-19-14)13-3-6-17-7-4-13/h1-4,6-7,9,12H,5,8,10-11H2,(H,18,19,20). The molecule has 0 amide bonds. The number of rotatable bonds is 5. The zero-order chi connectivity index (χ0) is 17.3. The highest BCUT2D eigenvalue weighted by atomic mass is 32.2. The predicted molar refractivity (Wildman–Crippen MR) is 94.5 cm³/mol. The highest BCUT2D eigenvalue weighted by molar-refractivity contribution is 7.91. The van der Waals surface area contributed by atoms with E-state index in [-0.39, 0.29) is 5.92 Å². The van der Waals surface area contributed by atoms with Gasteiger partial charge < -0.3 is 0 Å². The second-order valence-electron chi connectivity index (χ2n) is 6.00. The summed E-state index contributed by atoms with van der Waals surface area (Å²) >= 11 is 1.26. The molecule has 1 aliphatic heterocycles. The maximum absolute atomic E-state index is 12.6. The number of thiophene rings is 1. The van der Waals surface area contributed by atoms with Crippen molar-refractivity contribution in [1.82, 2.24) is 24.5 Å². The minimum absolute atomic E-state index is 0.243. The topological polar surface area (TPSA) is 91.8 Å². The zero-order valence-corrected chi connectivity index (χ0v) is 15.0. The van der Waals surface area contributed by atoms with Crippen LogP contribution in [0.5, 0.6) is 0 Å². The van der Waals surface area contributed by atoms with E-state index in [1.165, 1.54) is 11.3 Å². The third-order valence-corrected chi connectivity index (χ3v) is 7.53. The number of nitrogens with one attached hydrogen (secondary N) is 1. The monoisotopic (exact) mass is 375 g/mol. The van der Waals surface area contributed by atoms with Gasteiger partial charge in [-0.2, -0.15) is 9.40 Å². The molecule has 0 aliphatic carbocycles. The third-order valence-electron chi connectivity index (χ3n) is 4.29. The largest absolute Gasteiger partial charge is 0.265 e. The van der Waals surface area contributed by atoms with Gasteiger partial charge in [-0.25, -0.2) is 13.4 Å². The van der Waals surface area contributed by atoms with Crippen molar-refractivity contribution in [3.8, 4) is 11.4 Å². The lowest BCUT2D eigenvalue weighted by atomic mass is 10.1. The molecule has 0 saturated carbocycles. The molecule has 3 aromatic rings. The van der Waals surface area contributed by atoms with E-state index >= 15 is 0 Å². The quantitative estimate of drug-likeness (QED) is 0.738. The Morgan fingerprint density at radius 2 is 2.12 bits per heavy atom. The predicted octanol–water partition coefficient (Wildman–Crippen LogP) is 2.18. The molecule has 4 heterocycles.